The largest absolute Gasteiger partial charge is 0.389 e. The molecule has 0 saturated heterocycles. The molecule has 1 saturated carbocycles. The van der Waals surface area contributed by atoms with Gasteiger partial charge >= 0.3 is 0 Å². The lowest BCUT2D eigenvalue weighted by Crippen LogP contribution is -2.47. The zero-order valence-electron chi connectivity index (χ0n) is 11.1. The lowest BCUT2D eigenvalue weighted by molar-refractivity contribution is -0.0141. The average Bonchev–Trinajstić information content (AvgIpc) is 2.25. The van der Waals surface area contributed by atoms with Crippen LogP contribution in [0.1, 0.15) is 39.5 Å². The zero-order chi connectivity index (χ0) is 13.1. The summed E-state index contributed by atoms with van der Waals surface area (Å²) in [5, 5.41) is 13.3. The summed E-state index contributed by atoms with van der Waals surface area (Å²) in [6.07, 6.45) is 4.46. The maximum Gasteiger partial charge on any atom is 0.150 e. The molecule has 0 aromatic heterocycles. The average molecular weight is 263 g/mol. The van der Waals surface area contributed by atoms with Crippen LogP contribution in [0.5, 0.6) is 0 Å². The van der Waals surface area contributed by atoms with Gasteiger partial charge in [-0.25, -0.2) is 8.42 Å². The number of hydrogen-bond acceptors (Lipinski definition) is 4. The lowest BCUT2D eigenvalue weighted by Gasteiger charge is -2.38. The number of hydrogen-bond donors (Lipinski definition) is 2. The van der Waals surface area contributed by atoms with Gasteiger partial charge in [0, 0.05) is 12.8 Å². The molecule has 102 valence electrons. The van der Waals surface area contributed by atoms with E-state index in [0.29, 0.717) is 13.0 Å². The van der Waals surface area contributed by atoms with Crippen LogP contribution < -0.4 is 5.32 Å². The molecule has 0 spiro atoms. The highest BCUT2D eigenvalue weighted by molar-refractivity contribution is 7.91. The molecule has 4 nitrogen and oxygen atoms in total. The van der Waals surface area contributed by atoms with Gasteiger partial charge in [0.15, 0.2) is 0 Å². The molecular weight excluding hydrogens is 238 g/mol. The first-order chi connectivity index (χ1) is 7.77. The number of nitrogens with one attached hydrogen (secondary N) is 1. The Morgan fingerprint density at radius 2 is 2.06 bits per heavy atom. The normalized spacial score (nSPS) is 29.9. The van der Waals surface area contributed by atoms with Gasteiger partial charge in [0.1, 0.15) is 9.84 Å². The molecule has 0 amide bonds. The Bertz CT molecular complexity index is 338. The van der Waals surface area contributed by atoms with E-state index in [1.807, 2.05) is 13.8 Å². The lowest BCUT2D eigenvalue weighted by atomic mass is 9.77. The first-order valence-electron chi connectivity index (χ1n) is 6.39. The molecule has 1 rings (SSSR count). The van der Waals surface area contributed by atoms with Crippen LogP contribution in [0.4, 0.5) is 0 Å². The quantitative estimate of drug-likeness (QED) is 0.775. The first-order valence-corrected chi connectivity index (χ1v) is 8.34. The van der Waals surface area contributed by atoms with Gasteiger partial charge in [-0.05, 0) is 38.6 Å². The van der Waals surface area contributed by atoms with Gasteiger partial charge in [0.25, 0.3) is 0 Å². The molecule has 2 N–H and O–H groups in total. The second kappa shape index (κ2) is 5.67. The van der Waals surface area contributed by atoms with Gasteiger partial charge in [0.2, 0.25) is 0 Å². The van der Waals surface area contributed by atoms with E-state index in [2.05, 4.69) is 5.32 Å². The molecular formula is C12H25NO3S. The van der Waals surface area contributed by atoms with Crippen molar-refractivity contribution in [2.24, 2.45) is 5.92 Å². The van der Waals surface area contributed by atoms with Gasteiger partial charge < -0.3 is 10.4 Å². The van der Waals surface area contributed by atoms with Crippen LogP contribution in [0.2, 0.25) is 0 Å². The van der Waals surface area contributed by atoms with Crippen molar-refractivity contribution in [3.63, 3.8) is 0 Å². The van der Waals surface area contributed by atoms with Crippen LogP contribution in [0.25, 0.3) is 0 Å². The Hall–Kier alpha value is -0.130. The van der Waals surface area contributed by atoms with E-state index in [-0.39, 0.29) is 11.2 Å². The molecule has 0 aliphatic heterocycles. The van der Waals surface area contributed by atoms with E-state index in [9.17, 15) is 13.5 Å². The van der Waals surface area contributed by atoms with E-state index in [1.165, 1.54) is 6.26 Å². The van der Waals surface area contributed by atoms with Crippen molar-refractivity contribution >= 4 is 9.84 Å². The Morgan fingerprint density at radius 1 is 1.41 bits per heavy atom. The highest BCUT2D eigenvalue weighted by Crippen LogP contribution is 2.35. The molecule has 1 fully saturated rings. The van der Waals surface area contributed by atoms with Gasteiger partial charge in [-0.1, -0.05) is 13.3 Å². The Kier molecular flexibility index (Phi) is 4.98. The summed E-state index contributed by atoms with van der Waals surface area (Å²) in [5.74, 6) is 0.0787. The van der Waals surface area contributed by atoms with Crippen LogP contribution in [0.3, 0.4) is 0 Å². The molecule has 0 aromatic carbocycles. The van der Waals surface area contributed by atoms with Crippen molar-refractivity contribution in [1.82, 2.24) is 5.32 Å². The van der Waals surface area contributed by atoms with E-state index in [4.69, 9.17) is 0 Å². The molecule has 3 atom stereocenters. The zero-order valence-corrected chi connectivity index (χ0v) is 11.9. The fraction of sp³-hybridized carbons (Fsp3) is 1.00. The van der Waals surface area contributed by atoms with Gasteiger partial charge in [-0.3, -0.25) is 0 Å². The highest BCUT2D eigenvalue weighted by Gasteiger charge is 2.38. The topological polar surface area (TPSA) is 66.4 Å². The van der Waals surface area contributed by atoms with Crippen molar-refractivity contribution < 1.29 is 13.5 Å². The molecule has 0 heterocycles. The van der Waals surface area contributed by atoms with Crippen LogP contribution in [-0.2, 0) is 9.84 Å². The molecule has 17 heavy (non-hydrogen) atoms. The number of rotatable bonds is 5. The molecule has 0 radical (unpaired) electrons. The summed E-state index contributed by atoms with van der Waals surface area (Å²) in [4.78, 5) is 0. The summed E-state index contributed by atoms with van der Waals surface area (Å²) < 4.78 is 23.2. The van der Waals surface area contributed by atoms with Gasteiger partial charge in [-0.2, -0.15) is 0 Å². The molecule has 1 aliphatic carbocycles. The van der Waals surface area contributed by atoms with Crippen LogP contribution in [-0.4, -0.2) is 43.7 Å². The van der Waals surface area contributed by atoms with Crippen LogP contribution in [0.15, 0.2) is 0 Å². The van der Waals surface area contributed by atoms with Crippen molar-refractivity contribution in [1.29, 1.82) is 0 Å². The van der Waals surface area contributed by atoms with Gasteiger partial charge in [0.05, 0.1) is 10.9 Å². The van der Waals surface area contributed by atoms with E-state index < -0.39 is 15.4 Å². The third-order valence-electron chi connectivity index (χ3n) is 3.84. The second-order valence-electron chi connectivity index (χ2n) is 5.45. The van der Waals surface area contributed by atoms with Crippen molar-refractivity contribution in [3.05, 3.63) is 0 Å². The van der Waals surface area contributed by atoms with Crippen molar-refractivity contribution in [2.45, 2.75) is 50.4 Å². The summed E-state index contributed by atoms with van der Waals surface area (Å²) >= 11 is 0. The van der Waals surface area contributed by atoms with Gasteiger partial charge in [-0.15, -0.1) is 0 Å². The summed E-state index contributed by atoms with van der Waals surface area (Å²) in [7, 11) is -2.97. The Morgan fingerprint density at radius 3 is 2.59 bits per heavy atom. The summed E-state index contributed by atoms with van der Waals surface area (Å²) in [5.41, 5.74) is -0.806. The molecule has 0 bridgehead atoms. The Balaban J connectivity index is 2.66. The van der Waals surface area contributed by atoms with Crippen LogP contribution in [0, 0.1) is 5.92 Å². The Labute approximate surface area is 105 Å². The fourth-order valence-electron chi connectivity index (χ4n) is 2.62. The van der Waals surface area contributed by atoms with Crippen molar-refractivity contribution in [3.8, 4) is 0 Å². The molecule has 0 aromatic rings. The summed E-state index contributed by atoms with van der Waals surface area (Å²) in [6.45, 7) is 5.16. The molecule has 3 unspecified atom stereocenters. The number of aliphatic hydroxyl groups is 1. The second-order valence-corrected chi connectivity index (χ2v) is 7.78. The number of likely N-dealkylation sites (N-methyl/N-ethyl adjacent to an activating group) is 1. The summed E-state index contributed by atoms with van der Waals surface area (Å²) in [6, 6.07) is 0. The predicted molar refractivity (Wildman–Crippen MR) is 69.8 cm³/mol. The monoisotopic (exact) mass is 263 g/mol. The maximum absolute atomic E-state index is 11.6. The minimum absolute atomic E-state index is 0.0787. The maximum atomic E-state index is 11.6. The minimum atomic E-state index is -2.97. The third kappa shape index (κ3) is 4.23. The molecule has 5 heteroatoms. The van der Waals surface area contributed by atoms with E-state index in [0.717, 1.165) is 25.8 Å². The predicted octanol–water partition coefficient (Wildman–Crippen LogP) is 0.950. The fourth-order valence-corrected chi connectivity index (χ4v) is 3.80. The SMILES string of the molecule is CCNCC(C)(O)C1CCCC(S(C)(=O)=O)C1. The highest BCUT2D eigenvalue weighted by atomic mass is 32.2. The smallest absolute Gasteiger partial charge is 0.150 e. The van der Waals surface area contributed by atoms with E-state index >= 15 is 0 Å². The third-order valence-corrected chi connectivity index (χ3v) is 5.48. The standard InChI is InChI=1S/C12H25NO3S/c1-4-13-9-12(2,14)10-6-5-7-11(8-10)17(3,15)16/h10-11,13-14H,4-9H2,1-3H3. The minimum Gasteiger partial charge on any atom is -0.389 e. The van der Waals surface area contributed by atoms with Crippen molar-refractivity contribution in [2.75, 3.05) is 19.3 Å². The van der Waals surface area contributed by atoms with E-state index in [1.54, 1.807) is 0 Å². The first kappa shape index (κ1) is 14.9. The van der Waals surface area contributed by atoms with Crippen LogP contribution >= 0.6 is 0 Å². The molecule has 1 aliphatic rings. The number of sulfone groups is 1.